The highest BCUT2D eigenvalue weighted by molar-refractivity contribution is 5.88. The number of fused-ring (bicyclic) bond motifs is 1. The van der Waals surface area contributed by atoms with Crippen LogP contribution >= 0.6 is 0 Å². The third-order valence-corrected chi connectivity index (χ3v) is 4.92. The summed E-state index contributed by atoms with van der Waals surface area (Å²) in [6, 6.07) is 18.4. The van der Waals surface area contributed by atoms with Gasteiger partial charge in [-0.3, -0.25) is 4.98 Å². The third-order valence-electron chi connectivity index (χ3n) is 4.92. The molecule has 29 heavy (non-hydrogen) atoms. The SMILES string of the molecule is COc1cc(CN(C)CCc2ccccn2)cc2cc(-c3ccc(F)cc3)oc12. The summed E-state index contributed by atoms with van der Waals surface area (Å²) < 4.78 is 24.8. The molecule has 4 nitrogen and oxygen atoms in total. The number of pyridine rings is 1. The van der Waals surface area contributed by atoms with Gasteiger partial charge in [0.05, 0.1) is 7.11 Å². The van der Waals surface area contributed by atoms with Gasteiger partial charge in [0.1, 0.15) is 11.6 Å². The molecule has 0 radical (unpaired) electrons. The van der Waals surface area contributed by atoms with Crippen LogP contribution in [0.25, 0.3) is 22.3 Å². The van der Waals surface area contributed by atoms with E-state index in [9.17, 15) is 4.39 Å². The van der Waals surface area contributed by atoms with Gasteiger partial charge < -0.3 is 14.1 Å². The van der Waals surface area contributed by atoms with Gasteiger partial charge in [0, 0.05) is 42.4 Å². The van der Waals surface area contributed by atoms with Crippen LogP contribution < -0.4 is 4.74 Å². The van der Waals surface area contributed by atoms with Gasteiger partial charge in [-0.05, 0) is 67.2 Å². The predicted molar refractivity (Wildman–Crippen MR) is 112 cm³/mol. The molecule has 0 N–H and O–H groups in total. The van der Waals surface area contributed by atoms with E-state index >= 15 is 0 Å². The highest BCUT2D eigenvalue weighted by atomic mass is 19.1. The number of rotatable bonds is 7. The first-order chi connectivity index (χ1) is 14.1. The summed E-state index contributed by atoms with van der Waals surface area (Å²) in [5.41, 5.74) is 3.76. The fourth-order valence-corrected chi connectivity index (χ4v) is 3.42. The van der Waals surface area contributed by atoms with Crippen LogP contribution in [0.1, 0.15) is 11.3 Å². The van der Waals surface area contributed by atoms with Crippen LogP contribution in [-0.4, -0.2) is 30.6 Å². The number of nitrogens with zero attached hydrogens (tertiary/aromatic N) is 2. The Morgan fingerprint density at radius 1 is 1.07 bits per heavy atom. The standard InChI is InChI=1S/C24H23FN2O2/c1-27(12-10-21-5-3-4-11-26-21)16-17-13-19-15-22(18-6-8-20(25)9-7-18)29-24(19)23(14-17)28-2/h3-9,11,13-15H,10,12,16H2,1-2H3. The van der Waals surface area contributed by atoms with Crippen molar-refractivity contribution in [3.8, 4) is 17.1 Å². The summed E-state index contributed by atoms with van der Waals surface area (Å²) in [4.78, 5) is 6.64. The summed E-state index contributed by atoms with van der Waals surface area (Å²) in [6.07, 6.45) is 2.73. The van der Waals surface area contributed by atoms with Crippen LogP contribution in [0, 0.1) is 5.82 Å². The fourth-order valence-electron chi connectivity index (χ4n) is 3.42. The normalized spacial score (nSPS) is 11.3. The molecular weight excluding hydrogens is 367 g/mol. The van der Waals surface area contributed by atoms with Crippen LogP contribution in [0.4, 0.5) is 4.39 Å². The van der Waals surface area contributed by atoms with Crippen molar-refractivity contribution in [2.75, 3.05) is 20.7 Å². The molecule has 2 aromatic heterocycles. The molecule has 2 heterocycles. The molecule has 0 amide bonds. The maximum Gasteiger partial charge on any atom is 0.176 e. The second-order valence-electron chi connectivity index (χ2n) is 7.14. The molecule has 0 fully saturated rings. The molecular formula is C24H23FN2O2. The smallest absolute Gasteiger partial charge is 0.176 e. The van der Waals surface area contributed by atoms with Crippen LogP contribution in [0.5, 0.6) is 5.75 Å². The summed E-state index contributed by atoms with van der Waals surface area (Å²) in [7, 11) is 3.74. The minimum absolute atomic E-state index is 0.265. The van der Waals surface area contributed by atoms with Gasteiger partial charge in [-0.15, -0.1) is 0 Å². The van der Waals surface area contributed by atoms with Crippen molar-refractivity contribution in [3.63, 3.8) is 0 Å². The third kappa shape index (κ3) is 4.46. The van der Waals surface area contributed by atoms with Gasteiger partial charge in [0.25, 0.3) is 0 Å². The predicted octanol–water partition coefficient (Wildman–Crippen LogP) is 5.32. The first-order valence-electron chi connectivity index (χ1n) is 9.57. The molecule has 0 spiro atoms. The van der Waals surface area contributed by atoms with Gasteiger partial charge in [-0.1, -0.05) is 6.07 Å². The summed E-state index contributed by atoms with van der Waals surface area (Å²) in [5, 5.41) is 0.969. The van der Waals surface area contributed by atoms with Gasteiger partial charge in [0.2, 0.25) is 0 Å². The number of aromatic nitrogens is 1. The lowest BCUT2D eigenvalue weighted by Crippen LogP contribution is -2.21. The Bertz CT molecular complexity index is 1090. The molecule has 0 aliphatic rings. The Hall–Kier alpha value is -3.18. The van der Waals surface area contributed by atoms with E-state index in [0.717, 1.165) is 41.7 Å². The number of furan rings is 1. The minimum Gasteiger partial charge on any atom is -0.493 e. The van der Waals surface area contributed by atoms with E-state index < -0.39 is 0 Å². The van der Waals surface area contributed by atoms with E-state index in [0.29, 0.717) is 17.1 Å². The Balaban J connectivity index is 1.54. The number of ether oxygens (including phenoxy) is 1. The molecule has 0 saturated heterocycles. The molecule has 0 atom stereocenters. The maximum absolute atomic E-state index is 13.2. The first kappa shape index (κ1) is 19.2. The average Bonchev–Trinajstić information content (AvgIpc) is 3.17. The molecule has 148 valence electrons. The van der Waals surface area contributed by atoms with Crippen molar-refractivity contribution in [3.05, 3.63) is 83.9 Å². The first-order valence-corrected chi connectivity index (χ1v) is 9.57. The lowest BCUT2D eigenvalue weighted by Gasteiger charge is -2.17. The summed E-state index contributed by atoms with van der Waals surface area (Å²) in [5.74, 6) is 1.13. The van der Waals surface area contributed by atoms with Crippen LogP contribution in [0.15, 0.2) is 71.3 Å². The van der Waals surface area contributed by atoms with E-state index in [1.54, 1.807) is 19.2 Å². The number of likely N-dealkylation sites (N-methyl/N-ethyl adjacent to an activating group) is 1. The highest BCUT2D eigenvalue weighted by Gasteiger charge is 2.13. The van der Waals surface area contributed by atoms with Gasteiger partial charge in [0.15, 0.2) is 11.3 Å². The zero-order valence-electron chi connectivity index (χ0n) is 16.6. The number of halogens is 1. The Kier molecular flexibility index (Phi) is 5.58. The van der Waals surface area contributed by atoms with Crippen molar-refractivity contribution >= 4 is 11.0 Å². The number of hydrogen-bond donors (Lipinski definition) is 0. The Morgan fingerprint density at radius 2 is 1.90 bits per heavy atom. The minimum atomic E-state index is -0.265. The zero-order valence-corrected chi connectivity index (χ0v) is 16.6. The monoisotopic (exact) mass is 390 g/mol. The largest absolute Gasteiger partial charge is 0.493 e. The summed E-state index contributed by atoms with van der Waals surface area (Å²) in [6.45, 7) is 1.69. The van der Waals surface area contributed by atoms with Gasteiger partial charge >= 0.3 is 0 Å². The Morgan fingerprint density at radius 3 is 2.62 bits per heavy atom. The zero-order chi connectivity index (χ0) is 20.2. The van der Waals surface area contributed by atoms with Crippen LogP contribution in [0.2, 0.25) is 0 Å². The maximum atomic E-state index is 13.2. The fraction of sp³-hybridized carbons (Fsp3) is 0.208. The second-order valence-corrected chi connectivity index (χ2v) is 7.14. The molecule has 4 rings (SSSR count). The van der Waals surface area contributed by atoms with E-state index in [-0.39, 0.29) is 5.82 Å². The van der Waals surface area contributed by atoms with Crippen molar-refractivity contribution in [1.82, 2.24) is 9.88 Å². The highest BCUT2D eigenvalue weighted by Crippen LogP contribution is 2.35. The molecule has 0 bridgehead atoms. The molecule has 4 aromatic rings. The van der Waals surface area contributed by atoms with Crippen LogP contribution in [-0.2, 0) is 13.0 Å². The van der Waals surface area contributed by atoms with Crippen molar-refractivity contribution < 1.29 is 13.5 Å². The Labute approximate surface area is 169 Å². The van der Waals surface area contributed by atoms with Gasteiger partial charge in [-0.2, -0.15) is 0 Å². The number of methoxy groups -OCH3 is 1. The van der Waals surface area contributed by atoms with E-state index in [1.807, 2.05) is 36.5 Å². The van der Waals surface area contributed by atoms with E-state index in [1.165, 1.54) is 12.1 Å². The molecule has 5 heteroatoms. The topological polar surface area (TPSA) is 38.5 Å². The van der Waals surface area contributed by atoms with Crippen molar-refractivity contribution in [2.45, 2.75) is 13.0 Å². The van der Waals surface area contributed by atoms with E-state index in [2.05, 4.69) is 23.0 Å². The van der Waals surface area contributed by atoms with Gasteiger partial charge in [-0.25, -0.2) is 4.39 Å². The molecule has 0 unspecified atom stereocenters. The lowest BCUT2D eigenvalue weighted by atomic mass is 10.1. The lowest BCUT2D eigenvalue weighted by molar-refractivity contribution is 0.329. The van der Waals surface area contributed by atoms with Crippen molar-refractivity contribution in [1.29, 1.82) is 0 Å². The number of benzene rings is 2. The van der Waals surface area contributed by atoms with Crippen molar-refractivity contribution in [2.24, 2.45) is 0 Å². The number of hydrogen-bond acceptors (Lipinski definition) is 4. The molecule has 0 saturated carbocycles. The molecule has 0 aliphatic heterocycles. The van der Waals surface area contributed by atoms with Crippen LogP contribution in [0.3, 0.4) is 0 Å². The average molecular weight is 390 g/mol. The quantitative estimate of drug-likeness (QED) is 0.428. The second kappa shape index (κ2) is 8.45. The molecule has 0 aliphatic carbocycles. The van der Waals surface area contributed by atoms with E-state index in [4.69, 9.17) is 9.15 Å². The molecule has 2 aromatic carbocycles. The summed E-state index contributed by atoms with van der Waals surface area (Å²) >= 11 is 0.